The Labute approximate surface area is 126 Å². The van der Waals surface area contributed by atoms with E-state index in [1.807, 2.05) is 0 Å². The Morgan fingerprint density at radius 2 is 1.85 bits per heavy atom. The smallest absolute Gasteiger partial charge is 0.0247 e. The molecule has 0 amide bonds. The zero-order chi connectivity index (χ0) is 14.7. The molecular formula is C18H36N2. The van der Waals surface area contributed by atoms with Gasteiger partial charge >= 0.3 is 0 Å². The summed E-state index contributed by atoms with van der Waals surface area (Å²) in [7, 11) is 0. The van der Waals surface area contributed by atoms with Gasteiger partial charge < -0.3 is 5.32 Å². The summed E-state index contributed by atoms with van der Waals surface area (Å²) in [4.78, 5) is 2.90. The van der Waals surface area contributed by atoms with Crippen LogP contribution in [0.3, 0.4) is 0 Å². The van der Waals surface area contributed by atoms with E-state index in [9.17, 15) is 0 Å². The number of hydrogen-bond acceptors (Lipinski definition) is 2. The van der Waals surface area contributed by atoms with E-state index >= 15 is 0 Å². The molecule has 0 radical (unpaired) electrons. The number of piperazine rings is 1. The number of nitrogens with one attached hydrogen (secondary N) is 1. The molecule has 0 bridgehead atoms. The van der Waals surface area contributed by atoms with Crippen LogP contribution < -0.4 is 5.32 Å². The molecule has 1 N–H and O–H groups in total. The SMILES string of the molecule is CCC(C)C1CN(C2CCCCC2C)C(C(C)C)CN1. The van der Waals surface area contributed by atoms with Gasteiger partial charge in [-0.1, -0.05) is 53.9 Å². The minimum absolute atomic E-state index is 0.698. The Kier molecular flexibility index (Phi) is 5.92. The molecule has 0 aromatic heterocycles. The zero-order valence-electron chi connectivity index (χ0n) is 14.4. The van der Waals surface area contributed by atoms with Crippen LogP contribution in [0.2, 0.25) is 0 Å². The highest BCUT2D eigenvalue weighted by Gasteiger charge is 2.38. The first kappa shape index (κ1) is 16.3. The summed E-state index contributed by atoms with van der Waals surface area (Å²) in [6.07, 6.45) is 7.05. The molecule has 1 saturated carbocycles. The molecule has 20 heavy (non-hydrogen) atoms. The second kappa shape index (κ2) is 7.26. The quantitative estimate of drug-likeness (QED) is 0.840. The minimum Gasteiger partial charge on any atom is -0.311 e. The van der Waals surface area contributed by atoms with Crippen LogP contribution in [0, 0.1) is 17.8 Å². The van der Waals surface area contributed by atoms with Gasteiger partial charge in [-0.05, 0) is 30.6 Å². The first-order chi connectivity index (χ1) is 9.54. The van der Waals surface area contributed by atoms with Crippen molar-refractivity contribution in [3.05, 3.63) is 0 Å². The molecular weight excluding hydrogens is 244 g/mol. The molecule has 0 spiro atoms. The molecule has 5 unspecified atom stereocenters. The largest absolute Gasteiger partial charge is 0.311 e. The average molecular weight is 280 g/mol. The van der Waals surface area contributed by atoms with Gasteiger partial charge in [0.1, 0.15) is 0 Å². The normalized spacial score (nSPS) is 38.1. The van der Waals surface area contributed by atoms with Gasteiger partial charge in [-0.3, -0.25) is 4.90 Å². The number of rotatable bonds is 4. The molecule has 118 valence electrons. The number of hydrogen-bond donors (Lipinski definition) is 1. The summed E-state index contributed by atoms with van der Waals surface area (Å²) in [5.74, 6) is 2.44. The molecule has 1 aliphatic carbocycles. The van der Waals surface area contributed by atoms with Gasteiger partial charge in [0.25, 0.3) is 0 Å². The highest BCUT2D eigenvalue weighted by molar-refractivity contribution is 4.95. The standard InChI is InChI=1S/C18H36N2/c1-6-14(4)16-12-20(18(11-19-16)13(2)3)17-10-8-7-9-15(17)5/h13-19H,6-12H2,1-5H3. The molecule has 1 saturated heterocycles. The van der Waals surface area contributed by atoms with E-state index in [1.165, 1.54) is 45.2 Å². The first-order valence-electron chi connectivity index (χ1n) is 9.03. The van der Waals surface area contributed by atoms with Gasteiger partial charge in [-0.2, -0.15) is 0 Å². The van der Waals surface area contributed by atoms with Gasteiger partial charge in [0.05, 0.1) is 0 Å². The van der Waals surface area contributed by atoms with Crippen molar-refractivity contribution in [2.45, 2.75) is 84.8 Å². The Bertz CT molecular complexity index is 289. The molecule has 2 heteroatoms. The van der Waals surface area contributed by atoms with Crippen molar-refractivity contribution in [1.29, 1.82) is 0 Å². The summed E-state index contributed by atoms with van der Waals surface area (Å²) in [6, 6.07) is 2.27. The van der Waals surface area contributed by atoms with E-state index in [0.29, 0.717) is 6.04 Å². The lowest BCUT2D eigenvalue weighted by Gasteiger charge is -2.50. The monoisotopic (exact) mass is 280 g/mol. The molecule has 2 aliphatic rings. The average Bonchev–Trinajstić information content (AvgIpc) is 2.46. The van der Waals surface area contributed by atoms with Crippen LogP contribution in [0.25, 0.3) is 0 Å². The lowest BCUT2D eigenvalue weighted by atomic mass is 9.81. The van der Waals surface area contributed by atoms with E-state index in [0.717, 1.165) is 29.8 Å². The fourth-order valence-corrected chi connectivity index (χ4v) is 4.27. The van der Waals surface area contributed by atoms with Crippen molar-refractivity contribution in [1.82, 2.24) is 10.2 Å². The summed E-state index contributed by atoms with van der Waals surface area (Å²) in [6.45, 7) is 14.5. The molecule has 5 atom stereocenters. The summed E-state index contributed by atoms with van der Waals surface area (Å²) in [5.41, 5.74) is 0. The molecule has 2 nitrogen and oxygen atoms in total. The maximum absolute atomic E-state index is 3.84. The van der Waals surface area contributed by atoms with Crippen LogP contribution in [0.15, 0.2) is 0 Å². The van der Waals surface area contributed by atoms with Crippen molar-refractivity contribution in [2.24, 2.45) is 17.8 Å². The molecule has 0 aromatic rings. The van der Waals surface area contributed by atoms with Crippen molar-refractivity contribution in [3.63, 3.8) is 0 Å². The van der Waals surface area contributed by atoms with Gasteiger partial charge in [0.15, 0.2) is 0 Å². The third-order valence-electron chi connectivity index (χ3n) is 6.02. The third kappa shape index (κ3) is 3.57. The summed E-state index contributed by atoms with van der Waals surface area (Å²) < 4.78 is 0. The zero-order valence-corrected chi connectivity index (χ0v) is 14.4. The molecule has 2 fully saturated rings. The molecule has 1 aliphatic heterocycles. The van der Waals surface area contributed by atoms with Crippen LogP contribution in [0.4, 0.5) is 0 Å². The van der Waals surface area contributed by atoms with Gasteiger partial charge in [0, 0.05) is 31.2 Å². The number of nitrogens with zero attached hydrogens (tertiary/aromatic N) is 1. The van der Waals surface area contributed by atoms with Crippen LogP contribution in [0.5, 0.6) is 0 Å². The van der Waals surface area contributed by atoms with Crippen molar-refractivity contribution < 1.29 is 0 Å². The van der Waals surface area contributed by atoms with Crippen molar-refractivity contribution >= 4 is 0 Å². The fourth-order valence-electron chi connectivity index (χ4n) is 4.27. The van der Waals surface area contributed by atoms with E-state index in [-0.39, 0.29) is 0 Å². The van der Waals surface area contributed by atoms with Crippen LogP contribution in [0.1, 0.15) is 66.7 Å². The molecule has 2 rings (SSSR count). The third-order valence-corrected chi connectivity index (χ3v) is 6.02. The van der Waals surface area contributed by atoms with Crippen LogP contribution >= 0.6 is 0 Å². The predicted octanol–water partition coefficient (Wildman–Crippen LogP) is 3.91. The van der Waals surface area contributed by atoms with E-state index < -0.39 is 0 Å². The topological polar surface area (TPSA) is 15.3 Å². The second-order valence-corrected chi connectivity index (χ2v) is 7.74. The highest BCUT2D eigenvalue weighted by atomic mass is 15.3. The van der Waals surface area contributed by atoms with Gasteiger partial charge in [-0.25, -0.2) is 0 Å². The van der Waals surface area contributed by atoms with E-state index in [1.54, 1.807) is 0 Å². The van der Waals surface area contributed by atoms with Crippen LogP contribution in [-0.4, -0.2) is 36.1 Å². The Morgan fingerprint density at radius 1 is 1.15 bits per heavy atom. The summed E-state index contributed by atoms with van der Waals surface area (Å²) >= 11 is 0. The highest BCUT2D eigenvalue weighted by Crippen LogP contribution is 2.32. The Hall–Kier alpha value is -0.0800. The van der Waals surface area contributed by atoms with E-state index in [4.69, 9.17) is 0 Å². The van der Waals surface area contributed by atoms with Gasteiger partial charge in [-0.15, -0.1) is 0 Å². The lowest BCUT2D eigenvalue weighted by molar-refractivity contribution is 0.00763. The maximum Gasteiger partial charge on any atom is 0.0247 e. The Morgan fingerprint density at radius 3 is 2.45 bits per heavy atom. The molecule has 0 aromatic carbocycles. The molecule has 1 heterocycles. The Balaban J connectivity index is 2.09. The summed E-state index contributed by atoms with van der Waals surface area (Å²) in [5, 5.41) is 3.84. The second-order valence-electron chi connectivity index (χ2n) is 7.74. The van der Waals surface area contributed by atoms with Gasteiger partial charge in [0.2, 0.25) is 0 Å². The minimum atomic E-state index is 0.698. The lowest BCUT2D eigenvalue weighted by Crippen LogP contribution is -2.63. The van der Waals surface area contributed by atoms with E-state index in [2.05, 4.69) is 44.8 Å². The predicted molar refractivity (Wildman–Crippen MR) is 88.0 cm³/mol. The van der Waals surface area contributed by atoms with Crippen molar-refractivity contribution in [2.75, 3.05) is 13.1 Å². The van der Waals surface area contributed by atoms with Crippen molar-refractivity contribution in [3.8, 4) is 0 Å². The van der Waals surface area contributed by atoms with Crippen LogP contribution in [-0.2, 0) is 0 Å². The first-order valence-corrected chi connectivity index (χ1v) is 9.03. The maximum atomic E-state index is 3.84. The fraction of sp³-hybridized carbons (Fsp3) is 1.00.